The van der Waals surface area contributed by atoms with E-state index >= 15 is 0 Å². The van der Waals surface area contributed by atoms with Crippen LogP contribution in [0.5, 0.6) is 0 Å². The fraction of sp³-hybridized carbons (Fsp3) is 0.344. The van der Waals surface area contributed by atoms with Gasteiger partial charge in [-0.2, -0.15) is 0 Å². The normalized spacial score (nSPS) is 13.5. The van der Waals surface area contributed by atoms with Gasteiger partial charge in [0, 0.05) is 155 Å². The minimum atomic E-state index is -2.88. The number of hydrogen-bond acceptors (Lipinski definition) is 10. The Hall–Kier alpha value is -13.4. The number of aromatic nitrogens is 10. The number of pyridine rings is 10. The summed E-state index contributed by atoms with van der Waals surface area (Å²) >= 11 is 0. The maximum atomic E-state index is 8.72. The molecule has 20 rings (SSSR count). The van der Waals surface area contributed by atoms with Gasteiger partial charge in [-0.25, -0.2) is 47.8 Å². The van der Waals surface area contributed by atoms with E-state index in [4.69, 9.17) is 35.8 Å². The SMILES string of the molecule is Cc1ccc2c(n1)oc1c(-c3cc(C(C)C)c(C(C)C)c[n+]3C)c(C)ccc12.Cc1ccc2c(oc3ncccc32)c1-c1cc(C(C)C)c(C(C)C)c[n+]1C.[2H]C(C)(C)c1cc(-c2c(C)ccc3c2oc2nc(C)ccc23)[n+](C)cc1C(C)C.[2H]C(C)(C)c1cc(-c2c(C)ccc3c2oc2nc(C)ccc23)[n+](C)cc1C([2H])([2H])C([2H])([2H])[2H].[2H]C([2H])(C)c1c[n+](C)c(-c2c(C)ccc3c2oc2nc(C)ccc23)cc1C([2H])(C)C. The first-order valence-electron chi connectivity index (χ1n) is 52.9. The molecule has 0 atom stereocenters. The summed E-state index contributed by atoms with van der Waals surface area (Å²) in [6, 6.07) is 51.9. The minimum Gasteiger partial charge on any atom is -0.437 e. The number of rotatable bonds is 15. The molecule has 15 aromatic heterocycles. The Morgan fingerprint density at radius 3 is 0.774 bits per heavy atom. The fourth-order valence-electron chi connectivity index (χ4n) is 19.6. The van der Waals surface area contributed by atoms with E-state index in [-0.39, 0.29) is 5.56 Å². The van der Waals surface area contributed by atoms with Crippen LogP contribution in [0.3, 0.4) is 0 Å². The molecular weight excluding hydrogens is 1690 g/mol. The quantitative estimate of drug-likeness (QED) is 0.0908. The molecule has 0 spiro atoms. The Morgan fingerprint density at radius 1 is 0.277 bits per heavy atom. The molecule has 0 N–H and O–H groups in total. The van der Waals surface area contributed by atoms with Gasteiger partial charge < -0.3 is 22.1 Å². The predicted octanol–water partition coefficient (Wildman–Crippen LogP) is 30.3. The molecular formula is C122H139N10O5+5. The highest BCUT2D eigenvalue weighted by Crippen LogP contribution is 2.46. The molecule has 0 unspecified atom stereocenters. The molecule has 0 aliphatic heterocycles. The number of nitrogens with zero attached hydrogens (tertiary/aromatic N) is 10. The summed E-state index contributed by atoms with van der Waals surface area (Å²) < 4.78 is 124. The number of furan rings is 5. The number of hydrogen-bond donors (Lipinski definition) is 0. The van der Waals surface area contributed by atoms with E-state index < -0.39 is 37.3 Å². The largest absolute Gasteiger partial charge is 0.437 e. The van der Waals surface area contributed by atoms with E-state index in [0.717, 1.165) is 160 Å². The van der Waals surface area contributed by atoms with Crippen molar-refractivity contribution >= 4 is 110 Å². The van der Waals surface area contributed by atoms with Gasteiger partial charge >= 0.3 is 0 Å². The standard InChI is InChI=1S/2C25H29N2O.3C24H27N2O/c2*1-14(2)20-12-22(27(7)13-21(20)15(3)4)23-16(5)8-10-18-19-11-9-17(6)26-25(19)28-24(18)23;1-14(2)19-12-21(26(6)13-20(19)15(3)4)22-16(5)9-10-17-18-8-7-11-25-24(18)27-23(17)22;2*1-7-17-13-26(6)21(12-20(17)14(2)3)22-15(4)8-10-18-19-11-9-16(5)25-24(19)27-23(18)22/h2*8-15H,1-7H3;7-15H,1-6H3;2*8-14H,7H2,1-6H3/q5*+1/i14D;;;1D3,7D2,14D;7D2,14D. The van der Waals surface area contributed by atoms with Gasteiger partial charge in [-0.15, -0.1) is 0 Å². The van der Waals surface area contributed by atoms with E-state index in [1.54, 1.807) is 51.6 Å². The van der Waals surface area contributed by atoms with Crippen molar-refractivity contribution in [2.75, 3.05) is 0 Å². The molecule has 0 aliphatic carbocycles. The predicted molar refractivity (Wildman–Crippen MR) is 565 cm³/mol. The first-order valence-corrected chi connectivity index (χ1v) is 47.9. The molecule has 0 radical (unpaired) electrons. The van der Waals surface area contributed by atoms with E-state index in [1.807, 2.05) is 134 Å². The summed E-state index contributed by atoms with van der Waals surface area (Å²) in [5.41, 5.74) is 36.2. The molecule has 137 heavy (non-hydrogen) atoms. The summed E-state index contributed by atoms with van der Waals surface area (Å²) in [7, 11) is 10.00. The third kappa shape index (κ3) is 18.5. The second-order valence-electron chi connectivity index (χ2n) is 39.6. The third-order valence-electron chi connectivity index (χ3n) is 27.0. The lowest BCUT2D eigenvalue weighted by atomic mass is 9.90. The van der Waals surface area contributed by atoms with Gasteiger partial charge in [0.2, 0.25) is 57.0 Å². The van der Waals surface area contributed by atoms with Crippen molar-refractivity contribution in [3.05, 3.63) is 295 Å². The Bertz CT molecular complexity index is 8600. The van der Waals surface area contributed by atoms with Gasteiger partial charge in [0.25, 0.3) is 0 Å². The van der Waals surface area contributed by atoms with Gasteiger partial charge in [-0.3, -0.25) is 0 Å². The highest BCUT2D eigenvalue weighted by atomic mass is 16.4. The van der Waals surface area contributed by atoms with Crippen molar-refractivity contribution in [2.24, 2.45) is 35.2 Å². The minimum absolute atomic E-state index is 0.0134. The Balaban J connectivity index is 0.000000131. The molecule has 702 valence electrons. The lowest BCUT2D eigenvalue weighted by Gasteiger charge is -2.16. The van der Waals surface area contributed by atoms with Crippen LogP contribution in [0.25, 0.3) is 167 Å². The van der Waals surface area contributed by atoms with Crippen LogP contribution in [0.2, 0.25) is 0 Å². The smallest absolute Gasteiger partial charge is 0.227 e. The summed E-state index contributed by atoms with van der Waals surface area (Å²) in [5.74, 6) is -0.581. The average molecular weight is 1840 g/mol. The molecule has 0 fully saturated rings. The maximum Gasteiger partial charge on any atom is 0.227 e. The van der Waals surface area contributed by atoms with E-state index in [1.165, 1.54) is 63.5 Å². The summed E-state index contributed by atoms with van der Waals surface area (Å²) in [4.78, 5) is 22.7. The Labute approximate surface area is 822 Å². The summed E-state index contributed by atoms with van der Waals surface area (Å²) in [6.45, 7) is 50.2. The Kier molecular flexibility index (Phi) is 23.9. The fourth-order valence-corrected chi connectivity index (χ4v) is 19.6. The van der Waals surface area contributed by atoms with Crippen LogP contribution < -0.4 is 22.8 Å². The number of aryl methyl sites for hydroxylation is 16. The van der Waals surface area contributed by atoms with Crippen LogP contribution in [0.1, 0.15) is 292 Å². The van der Waals surface area contributed by atoms with Gasteiger partial charge in [0.05, 0.1) is 27.8 Å². The average Bonchev–Trinajstić information content (AvgIpc) is 1.62. The van der Waals surface area contributed by atoms with Crippen LogP contribution >= 0.6 is 0 Å². The highest BCUT2D eigenvalue weighted by Gasteiger charge is 2.32. The monoisotopic (exact) mass is 1830 g/mol. The first kappa shape index (κ1) is 84.1. The second kappa shape index (κ2) is 39.0. The van der Waals surface area contributed by atoms with E-state index in [2.05, 4.69) is 253 Å². The molecule has 0 saturated heterocycles. The van der Waals surface area contributed by atoms with E-state index in [0.29, 0.717) is 86.1 Å². The molecule has 15 nitrogen and oxygen atoms in total. The molecule has 0 saturated carbocycles. The zero-order valence-electron chi connectivity index (χ0n) is 95.8. The van der Waals surface area contributed by atoms with Crippen molar-refractivity contribution in [1.29, 1.82) is 0 Å². The second-order valence-corrected chi connectivity index (χ2v) is 39.6. The van der Waals surface area contributed by atoms with Crippen LogP contribution in [0, 0.1) is 62.3 Å². The van der Waals surface area contributed by atoms with Crippen molar-refractivity contribution in [2.45, 2.75) is 247 Å². The van der Waals surface area contributed by atoms with Crippen molar-refractivity contribution in [3.63, 3.8) is 0 Å². The molecule has 5 aromatic carbocycles. The van der Waals surface area contributed by atoms with Crippen molar-refractivity contribution in [1.82, 2.24) is 24.9 Å². The summed E-state index contributed by atoms with van der Waals surface area (Å²) in [6.07, 6.45) is 7.68. The zero-order valence-corrected chi connectivity index (χ0v) is 85.8. The molecule has 0 amide bonds. The van der Waals surface area contributed by atoms with Gasteiger partial charge in [0.1, 0.15) is 35.2 Å². The van der Waals surface area contributed by atoms with Crippen LogP contribution in [0.15, 0.2) is 211 Å². The van der Waals surface area contributed by atoms with Gasteiger partial charge in [0.15, 0.2) is 58.9 Å². The van der Waals surface area contributed by atoms with E-state index in [9.17, 15) is 0 Å². The van der Waals surface area contributed by atoms with Gasteiger partial charge in [-0.05, 0) is 239 Å². The number of fused-ring (bicyclic) bond motifs is 15. The van der Waals surface area contributed by atoms with Crippen molar-refractivity contribution in [3.8, 4) is 56.3 Å². The molecule has 0 aliphatic rings. The lowest BCUT2D eigenvalue weighted by molar-refractivity contribution is -0.661. The van der Waals surface area contributed by atoms with Crippen LogP contribution in [-0.2, 0) is 48.0 Å². The molecule has 15 heteroatoms. The highest BCUT2D eigenvalue weighted by molar-refractivity contribution is 6.13. The first-order chi connectivity index (χ1) is 68.7. The lowest BCUT2D eigenvalue weighted by Crippen LogP contribution is -2.32. The maximum absolute atomic E-state index is 8.72. The van der Waals surface area contributed by atoms with Crippen molar-refractivity contribution < 1.29 is 58.6 Å². The third-order valence-corrected chi connectivity index (χ3v) is 27.0. The molecule has 15 heterocycles. The Morgan fingerprint density at radius 2 is 0.511 bits per heavy atom. The summed E-state index contributed by atoms with van der Waals surface area (Å²) in [5, 5.41) is 10.3. The molecule has 20 aromatic rings. The molecule has 0 bridgehead atoms. The zero-order chi connectivity index (χ0) is 107. The van der Waals surface area contributed by atoms with Crippen LogP contribution in [-0.4, -0.2) is 24.9 Å². The van der Waals surface area contributed by atoms with Gasteiger partial charge in [-0.1, -0.05) is 185 Å². The topological polar surface area (TPSA) is 150 Å². The van der Waals surface area contributed by atoms with Crippen LogP contribution in [0.4, 0.5) is 0 Å². The number of benzene rings is 5.